The van der Waals surface area contributed by atoms with Gasteiger partial charge in [0.15, 0.2) is 4.34 Å². The quantitative estimate of drug-likeness (QED) is 0.385. The van der Waals surface area contributed by atoms with Crippen molar-refractivity contribution in [2.45, 2.75) is 32.0 Å². The molecule has 0 unspecified atom stereocenters. The zero-order valence-electron chi connectivity index (χ0n) is 18.2. The van der Waals surface area contributed by atoms with E-state index in [1.165, 1.54) is 23.1 Å². The lowest BCUT2D eigenvalue weighted by Crippen LogP contribution is -2.34. The van der Waals surface area contributed by atoms with Crippen molar-refractivity contribution in [2.24, 2.45) is 0 Å². The number of benzene rings is 2. The first kappa shape index (κ1) is 24.0. The first-order valence-electron chi connectivity index (χ1n) is 9.85. The van der Waals surface area contributed by atoms with Crippen LogP contribution in [0.3, 0.4) is 0 Å². The van der Waals surface area contributed by atoms with Crippen molar-refractivity contribution in [3.8, 4) is 0 Å². The van der Waals surface area contributed by atoms with Gasteiger partial charge in [0.2, 0.25) is 16.9 Å². The van der Waals surface area contributed by atoms with Crippen LogP contribution in [0.1, 0.15) is 22.3 Å². The summed E-state index contributed by atoms with van der Waals surface area (Å²) in [4.78, 5) is 24.4. The number of amides is 2. The number of thioether (sulfide) groups is 1. The Morgan fingerprint density at radius 2 is 1.78 bits per heavy atom. The second kappa shape index (κ2) is 10.8. The van der Waals surface area contributed by atoms with E-state index in [4.69, 9.17) is 11.6 Å². The molecule has 2 aromatic carbocycles. The van der Waals surface area contributed by atoms with Gasteiger partial charge in [0, 0.05) is 16.4 Å². The number of nitrogens with one attached hydrogen (secondary N) is 3. The van der Waals surface area contributed by atoms with Crippen LogP contribution in [0.15, 0.2) is 34.7 Å². The number of nitrogens with zero attached hydrogens (tertiary/aromatic N) is 2. The van der Waals surface area contributed by atoms with Gasteiger partial charge in [-0.2, -0.15) is 0 Å². The van der Waals surface area contributed by atoms with Crippen LogP contribution in [0.5, 0.6) is 0 Å². The number of aromatic nitrogens is 2. The zero-order chi connectivity index (χ0) is 23.3. The van der Waals surface area contributed by atoms with Gasteiger partial charge in [-0.05, 0) is 56.5 Å². The summed E-state index contributed by atoms with van der Waals surface area (Å²) < 4.78 is 0.651. The molecule has 10 heteroatoms. The number of anilines is 3. The summed E-state index contributed by atoms with van der Waals surface area (Å²) in [6.45, 7) is 7.73. The minimum absolute atomic E-state index is 0.0941. The Morgan fingerprint density at radius 3 is 2.50 bits per heavy atom. The standard InChI is InChI=1S/C22H24ClN5O2S2/c1-12-8-13(2)20(14(3)9-12)26-18(29)10-24-19(30)11-31-22-28-27-21(32-22)25-17-7-5-6-16(23)15(17)4/h5-9H,10-11H2,1-4H3,(H,24,30)(H,25,27)(H,26,29). The highest BCUT2D eigenvalue weighted by Crippen LogP contribution is 2.30. The van der Waals surface area contributed by atoms with Crippen LogP contribution >= 0.6 is 34.7 Å². The molecule has 1 aromatic heterocycles. The minimum Gasteiger partial charge on any atom is -0.346 e. The highest BCUT2D eigenvalue weighted by molar-refractivity contribution is 8.01. The highest BCUT2D eigenvalue weighted by atomic mass is 35.5. The molecule has 0 atom stereocenters. The molecule has 0 bridgehead atoms. The van der Waals surface area contributed by atoms with Crippen LogP contribution in [-0.4, -0.2) is 34.3 Å². The summed E-state index contributed by atoms with van der Waals surface area (Å²) in [5.41, 5.74) is 5.69. The van der Waals surface area contributed by atoms with Crippen molar-refractivity contribution < 1.29 is 9.59 Å². The number of carbonyl (C=O) groups excluding carboxylic acids is 2. The predicted octanol–water partition coefficient (Wildman–Crippen LogP) is 5.02. The second-order valence-corrected chi connectivity index (χ2v) is 9.91. The Labute approximate surface area is 200 Å². The Balaban J connectivity index is 1.45. The second-order valence-electron chi connectivity index (χ2n) is 7.30. The first-order valence-corrected chi connectivity index (χ1v) is 12.0. The summed E-state index contributed by atoms with van der Waals surface area (Å²) in [6.07, 6.45) is 0. The largest absolute Gasteiger partial charge is 0.346 e. The Kier molecular flexibility index (Phi) is 8.11. The molecule has 1 heterocycles. The predicted molar refractivity (Wildman–Crippen MR) is 132 cm³/mol. The van der Waals surface area contributed by atoms with Gasteiger partial charge in [0.1, 0.15) is 0 Å². The third-order valence-corrected chi connectivity index (χ3v) is 7.01. The van der Waals surface area contributed by atoms with E-state index in [-0.39, 0.29) is 24.1 Å². The maximum Gasteiger partial charge on any atom is 0.243 e. The molecule has 7 nitrogen and oxygen atoms in total. The minimum atomic E-state index is -0.266. The molecule has 0 fully saturated rings. The Morgan fingerprint density at radius 1 is 1.06 bits per heavy atom. The highest BCUT2D eigenvalue weighted by Gasteiger charge is 2.12. The zero-order valence-corrected chi connectivity index (χ0v) is 20.6. The van der Waals surface area contributed by atoms with E-state index in [2.05, 4.69) is 26.1 Å². The Hall–Kier alpha value is -2.62. The third-order valence-electron chi connectivity index (χ3n) is 4.63. The fraction of sp³-hybridized carbons (Fsp3) is 0.273. The van der Waals surface area contributed by atoms with E-state index >= 15 is 0 Å². The van der Waals surface area contributed by atoms with Crippen LogP contribution in [-0.2, 0) is 9.59 Å². The molecule has 0 aliphatic rings. The van der Waals surface area contributed by atoms with Crippen molar-refractivity contribution >= 4 is 63.0 Å². The molecular formula is C22H24ClN5O2S2. The number of hydrogen-bond acceptors (Lipinski definition) is 7. The molecule has 3 aromatic rings. The van der Waals surface area contributed by atoms with E-state index in [1.54, 1.807) is 0 Å². The summed E-state index contributed by atoms with van der Waals surface area (Å²) in [6, 6.07) is 9.61. The van der Waals surface area contributed by atoms with Gasteiger partial charge in [0.05, 0.1) is 12.3 Å². The maximum absolute atomic E-state index is 12.2. The number of hydrogen-bond donors (Lipinski definition) is 3. The maximum atomic E-state index is 12.2. The van der Waals surface area contributed by atoms with Crippen LogP contribution < -0.4 is 16.0 Å². The van der Waals surface area contributed by atoms with Crippen molar-refractivity contribution in [1.82, 2.24) is 15.5 Å². The summed E-state index contributed by atoms with van der Waals surface area (Å²) in [5, 5.41) is 18.2. The number of carbonyl (C=O) groups is 2. The van der Waals surface area contributed by atoms with Gasteiger partial charge in [-0.25, -0.2) is 0 Å². The molecule has 0 radical (unpaired) electrons. The van der Waals surface area contributed by atoms with Crippen molar-refractivity contribution in [3.63, 3.8) is 0 Å². The molecule has 0 saturated carbocycles. The fourth-order valence-electron chi connectivity index (χ4n) is 3.09. The number of rotatable bonds is 8. The monoisotopic (exact) mass is 489 g/mol. The summed E-state index contributed by atoms with van der Waals surface area (Å²) in [5.74, 6) is -0.378. The van der Waals surface area contributed by atoms with Crippen LogP contribution in [0.2, 0.25) is 5.02 Å². The lowest BCUT2D eigenvalue weighted by Gasteiger charge is -2.13. The molecule has 0 aliphatic carbocycles. The van der Waals surface area contributed by atoms with Gasteiger partial charge in [0.25, 0.3) is 0 Å². The SMILES string of the molecule is Cc1cc(C)c(NC(=O)CNC(=O)CSc2nnc(Nc3cccc(Cl)c3C)s2)c(C)c1. The molecule has 0 spiro atoms. The molecule has 3 rings (SSSR count). The van der Waals surface area contributed by atoms with E-state index in [0.29, 0.717) is 14.5 Å². The van der Waals surface area contributed by atoms with Crippen LogP contribution in [0.25, 0.3) is 0 Å². The molecular weight excluding hydrogens is 466 g/mol. The van der Waals surface area contributed by atoms with Crippen molar-refractivity contribution in [1.29, 1.82) is 0 Å². The molecule has 32 heavy (non-hydrogen) atoms. The molecule has 0 saturated heterocycles. The molecule has 2 amide bonds. The molecule has 0 aliphatic heterocycles. The lowest BCUT2D eigenvalue weighted by atomic mass is 10.1. The summed E-state index contributed by atoms with van der Waals surface area (Å²) >= 11 is 8.75. The van der Waals surface area contributed by atoms with Crippen LogP contribution in [0.4, 0.5) is 16.5 Å². The fourth-order valence-corrected chi connectivity index (χ4v) is 4.86. The topological polar surface area (TPSA) is 96.0 Å². The van der Waals surface area contributed by atoms with E-state index < -0.39 is 0 Å². The average molecular weight is 490 g/mol. The number of aryl methyl sites for hydroxylation is 3. The van der Waals surface area contributed by atoms with Crippen LogP contribution in [0, 0.1) is 27.7 Å². The van der Waals surface area contributed by atoms with Gasteiger partial charge < -0.3 is 16.0 Å². The van der Waals surface area contributed by atoms with Crippen molar-refractivity contribution in [2.75, 3.05) is 22.9 Å². The van der Waals surface area contributed by atoms with Gasteiger partial charge in [-0.15, -0.1) is 10.2 Å². The normalized spacial score (nSPS) is 10.7. The lowest BCUT2D eigenvalue weighted by molar-refractivity contribution is -0.122. The molecule has 3 N–H and O–H groups in total. The first-order chi connectivity index (χ1) is 15.2. The summed E-state index contributed by atoms with van der Waals surface area (Å²) in [7, 11) is 0. The van der Waals surface area contributed by atoms with Gasteiger partial charge in [-0.1, -0.05) is 58.5 Å². The van der Waals surface area contributed by atoms with Crippen molar-refractivity contribution in [3.05, 3.63) is 57.6 Å². The molecule has 168 valence electrons. The van der Waals surface area contributed by atoms with E-state index in [0.717, 1.165) is 33.6 Å². The Bertz CT molecular complexity index is 1130. The average Bonchev–Trinajstić information content (AvgIpc) is 3.18. The van der Waals surface area contributed by atoms with Gasteiger partial charge >= 0.3 is 0 Å². The van der Waals surface area contributed by atoms with E-state index in [1.807, 2.05) is 58.0 Å². The smallest absolute Gasteiger partial charge is 0.243 e. The van der Waals surface area contributed by atoms with Gasteiger partial charge in [-0.3, -0.25) is 9.59 Å². The number of halogens is 1. The third kappa shape index (κ3) is 6.44. The van der Waals surface area contributed by atoms with E-state index in [9.17, 15) is 9.59 Å².